The highest BCUT2D eigenvalue weighted by atomic mass is 32.1. The van der Waals surface area contributed by atoms with Crippen molar-refractivity contribution < 1.29 is 9.18 Å². The SMILES string of the molecule is Cc1cc(C(=O)N2CCN(CCF)CC2)ccc1CCS. The van der Waals surface area contributed by atoms with Crippen molar-refractivity contribution in [3.63, 3.8) is 0 Å². The fraction of sp³-hybridized carbons (Fsp3) is 0.562. The Morgan fingerprint density at radius 3 is 2.57 bits per heavy atom. The molecule has 1 aliphatic rings. The van der Waals surface area contributed by atoms with Crippen molar-refractivity contribution in [3.8, 4) is 0 Å². The molecule has 5 heteroatoms. The molecule has 116 valence electrons. The van der Waals surface area contributed by atoms with Gasteiger partial charge in [0.1, 0.15) is 6.67 Å². The minimum absolute atomic E-state index is 0.0791. The van der Waals surface area contributed by atoms with Crippen LogP contribution >= 0.6 is 12.6 Å². The third kappa shape index (κ3) is 4.20. The minimum atomic E-state index is -0.320. The van der Waals surface area contributed by atoms with E-state index in [1.54, 1.807) is 0 Å². The standard InChI is InChI=1S/C16H23FN2OS/c1-13-12-15(3-2-14(13)4-11-21)16(20)19-9-7-18(6-5-17)8-10-19/h2-3,12,21H,4-11H2,1H3. The van der Waals surface area contributed by atoms with Gasteiger partial charge < -0.3 is 4.90 Å². The lowest BCUT2D eigenvalue weighted by molar-refractivity contribution is 0.0630. The van der Waals surface area contributed by atoms with Crippen molar-refractivity contribution in [2.75, 3.05) is 45.2 Å². The van der Waals surface area contributed by atoms with Crippen molar-refractivity contribution in [3.05, 3.63) is 34.9 Å². The van der Waals surface area contributed by atoms with Crippen LogP contribution in [0.15, 0.2) is 18.2 Å². The third-order valence-electron chi connectivity index (χ3n) is 4.03. The molecule has 2 rings (SSSR count). The van der Waals surface area contributed by atoms with Gasteiger partial charge in [-0.15, -0.1) is 0 Å². The first-order valence-electron chi connectivity index (χ1n) is 7.43. The molecule has 0 saturated carbocycles. The van der Waals surface area contributed by atoms with E-state index in [0.717, 1.165) is 36.4 Å². The predicted molar refractivity (Wildman–Crippen MR) is 87.1 cm³/mol. The molecule has 1 amide bonds. The van der Waals surface area contributed by atoms with E-state index in [1.807, 2.05) is 30.0 Å². The Morgan fingerprint density at radius 2 is 2.00 bits per heavy atom. The molecule has 0 atom stereocenters. The van der Waals surface area contributed by atoms with E-state index in [4.69, 9.17) is 0 Å². The number of amides is 1. The number of carbonyl (C=O) groups excluding carboxylic acids is 1. The van der Waals surface area contributed by atoms with Crippen molar-refractivity contribution in [2.24, 2.45) is 0 Å². The zero-order valence-corrected chi connectivity index (χ0v) is 13.4. The number of hydrogen-bond donors (Lipinski definition) is 1. The zero-order chi connectivity index (χ0) is 15.2. The summed E-state index contributed by atoms with van der Waals surface area (Å²) in [5, 5.41) is 0. The largest absolute Gasteiger partial charge is 0.336 e. The van der Waals surface area contributed by atoms with E-state index in [-0.39, 0.29) is 12.6 Å². The van der Waals surface area contributed by atoms with E-state index in [9.17, 15) is 9.18 Å². The lowest BCUT2D eigenvalue weighted by Crippen LogP contribution is -2.49. The van der Waals surface area contributed by atoms with Crippen LogP contribution in [0.25, 0.3) is 0 Å². The number of aryl methyl sites for hydroxylation is 2. The van der Waals surface area contributed by atoms with Gasteiger partial charge in [-0.2, -0.15) is 12.6 Å². The monoisotopic (exact) mass is 310 g/mol. The molecule has 21 heavy (non-hydrogen) atoms. The van der Waals surface area contributed by atoms with Crippen LogP contribution in [0.4, 0.5) is 4.39 Å². The van der Waals surface area contributed by atoms with Gasteiger partial charge in [-0.05, 0) is 42.4 Å². The lowest BCUT2D eigenvalue weighted by atomic mass is 10.0. The molecule has 1 fully saturated rings. The average molecular weight is 310 g/mol. The number of halogens is 1. The summed E-state index contributed by atoms with van der Waals surface area (Å²) in [5.74, 6) is 0.889. The van der Waals surface area contributed by atoms with E-state index in [0.29, 0.717) is 19.6 Å². The molecule has 0 spiro atoms. The van der Waals surface area contributed by atoms with Gasteiger partial charge in [-0.3, -0.25) is 9.69 Å². The molecule has 0 aliphatic carbocycles. The Bertz CT molecular complexity index is 487. The molecule has 0 bridgehead atoms. The average Bonchev–Trinajstić information content (AvgIpc) is 2.50. The first-order chi connectivity index (χ1) is 10.2. The van der Waals surface area contributed by atoms with Gasteiger partial charge in [0.2, 0.25) is 0 Å². The number of alkyl halides is 1. The van der Waals surface area contributed by atoms with Crippen LogP contribution < -0.4 is 0 Å². The van der Waals surface area contributed by atoms with Crippen LogP contribution in [0.3, 0.4) is 0 Å². The van der Waals surface area contributed by atoms with Crippen LogP contribution in [0.1, 0.15) is 21.5 Å². The highest BCUT2D eigenvalue weighted by molar-refractivity contribution is 7.80. The molecule has 1 aromatic carbocycles. The first-order valence-corrected chi connectivity index (χ1v) is 8.07. The highest BCUT2D eigenvalue weighted by Gasteiger charge is 2.22. The Kier molecular flexibility index (Phi) is 6.06. The molecular formula is C16H23FN2OS. The molecule has 0 radical (unpaired) electrons. The second kappa shape index (κ2) is 7.80. The molecule has 1 heterocycles. The summed E-state index contributed by atoms with van der Waals surface area (Å²) in [5.41, 5.74) is 3.13. The smallest absolute Gasteiger partial charge is 0.253 e. The van der Waals surface area contributed by atoms with E-state index in [2.05, 4.69) is 17.5 Å². The molecule has 1 aromatic rings. The Morgan fingerprint density at radius 1 is 1.29 bits per heavy atom. The summed E-state index contributed by atoms with van der Waals surface area (Å²) in [4.78, 5) is 16.4. The molecule has 1 aliphatic heterocycles. The van der Waals surface area contributed by atoms with Crippen molar-refractivity contribution in [1.29, 1.82) is 0 Å². The summed E-state index contributed by atoms with van der Waals surface area (Å²) in [7, 11) is 0. The molecular weight excluding hydrogens is 287 g/mol. The van der Waals surface area contributed by atoms with Gasteiger partial charge in [0.15, 0.2) is 0 Å². The van der Waals surface area contributed by atoms with Gasteiger partial charge in [0, 0.05) is 38.3 Å². The van der Waals surface area contributed by atoms with Crippen LogP contribution in [-0.4, -0.2) is 60.9 Å². The second-order valence-electron chi connectivity index (χ2n) is 5.44. The quantitative estimate of drug-likeness (QED) is 0.843. The summed E-state index contributed by atoms with van der Waals surface area (Å²) in [6.07, 6.45) is 0.922. The van der Waals surface area contributed by atoms with E-state index in [1.165, 1.54) is 5.56 Å². The lowest BCUT2D eigenvalue weighted by Gasteiger charge is -2.34. The number of rotatable bonds is 5. The fourth-order valence-corrected chi connectivity index (χ4v) is 2.95. The van der Waals surface area contributed by atoms with Crippen LogP contribution in [-0.2, 0) is 6.42 Å². The topological polar surface area (TPSA) is 23.6 Å². The van der Waals surface area contributed by atoms with Crippen molar-refractivity contribution in [2.45, 2.75) is 13.3 Å². The number of carbonyl (C=O) groups is 1. The predicted octanol–water partition coefficient (Wildman–Crippen LogP) is 2.19. The maximum atomic E-state index is 12.5. The first kappa shape index (κ1) is 16.3. The summed E-state index contributed by atoms with van der Waals surface area (Å²) in [6.45, 7) is 5.05. The summed E-state index contributed by atoms with van der Waals surface area (Å²) in [6, 6.07) is 5.90. The molecule has 3 nitrogen and oxygen atoms in total. The minimum Gasteiger partial charge on any atom is -0.336 e. The zero-order valence-electron chi connectivity index (χ0n) is 12.5. The van der Waals surface area contributed by atoms with Crippen LogP contribution in [0, 0.1) is 6.92 Å². The number of nitrogens with zero attached hydrogens (tertiary/aromatic N) is 2. The highest BCUT2D eigenvalue weighted by Crippen LogP contribution is 2.15. The van der Waals surface area contributed by atoms with E-state index >= 15 is 0 Å². The van der Waals surface area contributed by atoms with Crippen molar-refractivity contribution in [1.82, 2.24) is 9.80 Å². The van der Waals surface area contributed by atoms with Gasteiger partial charge in [-0.25, -0.2) is 4.39 Å². The van der Waals surface area contributed by atoms with Gasteiger partial charge in [0.05, 0.1) is 0 Å². The Hall–Kier alpha value is -1.07. The molecule has 1 saturated heterocycles. The third-order valence-corrected chi connectivity index (χ3v) is 4.25. The van der Waals surface area contributed by atoms with Gasteiger partial charge >= 0.3 is 0 Å². The number of piperazine rings is 1. The van der Waals surface area contributed by atoms with Crippen LogP contribution in [0.5, 0.6) is 0 Å². The summed E-state index contributed by atoms with van der Waals surface area (Å²) >= 11 is 4.25. The second-order valence-corrected chi connectivity index (χ2v) is 5.88. The number of benzene rings is 1. The normalized spacial score (nSPS) is 16.2. The van der Waals surface area contributed by atoms with E-state index < -0.39 is 0 Å². The summed E-state index contributed by atoms with van der Waals surface area (Å²) < 4.78 is 12.3. The number of hydrogen-bond acceptors (Lipinski definition) is 3. The Labute approximate surface area is 131 Å². The van der Waals surface area contributed by atoms with Gasteiger partial charge in [-0.1, -0.05) is 6.07 Å². The molecule has 0 aromatic heterocycles. The Balaban J connectivity index is 1.99. The fourth-order valence-electron chi connectivity index (χ4n) is 2.71. The van der Waals surface area contributed by atoms with Crippen LogP contribution in [0.2, 0.25) is 0 Å². The van der Waals surface area contributed by atoms with Crippen molar-refractivity contribution >= 4 is 18.5 Å². The molecule has 0 unspecified atom stereocenters. The maximum absolute atomic E-state index is 12.5. The maximum Gasteiger partial charge on any atom is 0.253 e. The number of thiol groups is 1. The molecule has 0 N–H and O–H groups in total. The van der Waals surface area contributed by atoms with Gasteiger partial charge in [0.25, 0.3) is 5.91 Å².